The minimum Gasteiger partial charge on any atom is -0.309 e. The maximum Gasteiger partial charge on any atom is 0.151 e. The molecule has 4 heteroatoms. The van der Waals surface area contributed by atoms with E-state index in [1.54, 1.807) is 6.92 Å². The molecule has 1 atom stereocenters. The Kier molecular flexibility index (Phi) is 4.55. The van der Waals surface area contributed by atoms with Crippen molar-refractivity contribution in [2.75, 3.05) is 18.1 Å². The van der Waals surface area contributed by atoms with Gasteiger partial charge in [0.05, 0.1) is 5.75 Å². The molecule has 0 fully saturated rings. The van der Waals surface area contributed by atoms with Crippen molar-refractivity contribution in [2.24, 2.45) is 0 Å². The number of hydrogen-bond donors (Lipinski definition) is 1. The molecule has 20 heavy (non-hydrogen) atoms. The molecule has 112 valence electrons. The van der Waals surface area contributed by atoms with E-state index in [1.807, 2.05) is 0 Å². The largest absolute Gasteiger partial charge is 0.309 e. The van der Waals surface area contributed by atoms with Gasteiger partial charge in [0, 0.05) is 18.3 Å². The van der Waals surface area contributed by atoms with E-state index in [9.17, 15) is 8.42 Å². The first-order valence-electron chi connectivity index (χ1n) is 7.39. The summed E-state index contributed by atoms with van der Waals surface area (Å²) < 4.78 is 23.1. The monoisotopic (exact) mass is 295 g/mol. The Hall–Kier alpha value is -0.870. The van der Waals surface area contributed by atoms with Crippen LogP contribution in [0.2, 0.25) is 0 Å². The molecule has 3 nitrogen and oxygen atoms in total. The first kappa shape index (κ1) is 15.5. The van der Waals surface area contributed by atoms with Gasteiger partial charge in [0.15, 0.2) is 9.84 Å². The van der Waals surface area contributed by atoms with Crippen molar-refractivity contribution in [2.45, 2.75) is 45.1 Å². The standard InChI is InChI=1S/C16H25NO2S/c1-4-20(18,19)12-11-17-15-9-10-16(2,3)14-8-6-5-7-13(14)15/h5-8,15,17H,4,9-12H2,1-3H3. The minimum atomic E-state index is -2.88. The van der Waals surface area contributed by atoms with Gasteiger partial charge in [-0.2, -0.15) is 0 Å². The van der Waals surface area contributed by atoms with E-state index >= 15 is 0 Å². The average Bonchev–Trinajstić information content (AvgIpc) is 2.42. The molecule has 1 N–H and O–H groups in total. The Labute approximate surface area is 122 Å². The number of benzene rings is 1. The molecule has 0 amide bonds. The summed E-state index contributed by atoms with van der Waals surface area (Å²) in [5, 5.41) is 3.43. The van der Waals surface area contributed by atoms with Crippen LogP contribution in [0.25, 0.3) is 0 Å². The molecule has 0 heterocycles. The van der Waals surface area contributed by atoms with Crippen LogP contribution in [-0.2, 0) is 15.3 Å². The van der Waals surface area contributed by atoms with Crippen LogP contribution in [0.15, 0.2) is 24.3 Å². The van der Waals surface area contributed by atoms with Crippen LogP contribution in [0.1, 0.15) is 50.8 Å². The van der Waals surface area contributed by atoms with Crippen LogP contribution in [0.3, 0.4) is 0 Å². The predicted molar refractivity (Wildman–Crippen MR) is 83.8 cm³/mol. The first-order valence-corrected chi connectivity index (χ1v) is 9.21. The molecular formula is C16H25NO2S. The number of rotatable bonds is 5. The summed E-state index contributed by atoms with van der Waals surface area (Å²) in [4.78, 5) is 0. The normalized spacial score (nSPS) is 21.4. The third-order valence-electron chi connectivity index (χ3n) is 4.37. The van der Waals surface area contributed by atoms with Gasteiger partial charge in [-0.25, -0.2) is 8.42 Å². The third-order valence-corrected chi connectivity index (χ3v) is 6.07. The molecule has 1 aromatic rings. The van der Waals surface area contributed by atoms with Gasteiger partial charge in [-0.15, -0.1) is 0 Å². The number of fused-ring (bicyclic) bond motifs is 1. The van der Waals surface area contributed by atoms with E-state index in [0.29, 0.717) is 6.54 Å². The molecule has 0 aliphatic heterocycles. The molecule has 0 saturated carbocycles. The summed E-state index contributed by atoms with van der Waals surface area (Å²) in [6, 6.07) is 8.81. The van der Waals surface area contributed by atoms with E-state index in [0.717, 1.165) is 12.8 Å². The summed E-state index contributed by atoms with van der Waals surface area (Å²) in [5.41, 5.74) is 2.93. The predicted octanol–water partition coefficient (Wildman–Crippen LogP) is 2.82. The van der Waals surface area contributed by atoms with Gasteiger partial charge in [-0.05, 0) is 29.4 Å². The Morgan fingerprint density at radius 2 is 2.00 bits per heavy atom. The van der Waals surface area contributed by atoms with Crippen molar-refractivity contribution in [3.8, 4) is 0 Å². The lowest BCUT2D eigenvalue weighted by molar-refractivity contribution is 0.362. The lowest BCUT2D eigenvalue weighted by atomic mass is 9.71. The molecule has 1 aromatic carbocycles. The van der Waals surface area contributed by atoms with Crippen LogP contribution < -0.4 is 5.32 Å². The molecule has 2 rings (SSSR count). The highest BCUT2D eigenvalue weighted by Gasteiger charge is 2.31. The summed E-state index contributed by atoms with van der Waals surface area (Å²) in [6.45, 7) is 6.80. The summed E-state index contributed by atoms with van der Waals surface area (Å²) in [7, 11) is -2.88. The second kappa shape index (κ2) is 5.86. The maximum atomic E-state index is 11.5. The van der Waals surface area contributed by atoms with Gasteiger partial charge in [0.1, 0.15) is 0 Å². The molecule has 1 aliphatic rings. The van der Waals surface area contributed by atoms with Crippen molar-refractivity contribution >= 4 is 9.84 Å². The second-order valence-corrected chi connectivity index (χ2v) is 8.73. The molecule has 0 saturated heterocycles. The van der Waals surface area contributed by atoms with Gasteiger partial charge < -0.3 is 5.32 Å². The highest BCUT2D eigenvalue weighted by Crippen LogP contribution is 2.41. The van der Waals surface area contributed by atoms with E-state index in [4.69, 9.17) is 0 Å². The van der Waals surface area contributed by atoms with Gasteiger partial charge in [0.25, 0.3) is 0 Å². The van der Waals surface area contributed by atoms with Gasteiger partial charge >= 0.3 is 0 Å². The zero-order chi connectivity index (χ0) is 14.8. The third kappa shape index (κ3) is 3.41. The zero-order valence-corrected chi connectivity index (χ0v) is 13.5. The molecular weight excluding hydrogens is 270 g/mol. The van der Waals surface area contributed by atoms with Crippen LogP contribution in [0.5, 0.6) is 0 Å². The van der Waals surface area contributed by atoms with Gasteiger partial charge in [-0.3, -0.25) is 0 Å². The van der Waals surface area contributed by atoms with E-state index in [-0.39, 0.29) is 23.0 Å². The SMILES string of the molecule is CCS(=O)(=O)CCNC1CCC(C)(C)c2ccccc21. The Morgan fingerprint density at radius 1 is 1.30 bits per heavy atom. The number of nitrogens with one attached hydrogen (secondary N) is 1. The molecule has 0 spiro atoms. The Bertz CT molecular complexity index is 564. The van der Waals surface area contributed by atoms with Crippen LogP contribution in [0.4, 0.5) is 0 Å². The first-order chi connectivity index (χ1) is 9.36. The minimum absolute atomic E-state index is 0.213. The second-order valence-electron chi connectivity index (χ2n) is 6.25. The highest BCUT2D eigenvalue weighted by molar-refractivity contribution is 7.91. The lowest BCUT2D eigenvalue weighted by Crippen LogP contribution is -2.34. The quantitative estimate of drug-likeness (QED) is 0.908. The van der Waals surface area contributed by atoms with E-state index < -0.39 is 9.84 Å². The van der Waals surface area contributed by atoms with E-state index in [1.165, 1.54) is 11.1 Å². The fraction of sp³-hybridized carbons (Fsp3) is 0.625. The van der Waals surface area contributed by atoms with Crippen molar-refractivity contribution in [1.82, 2.24) is 5.32 Å². The number of hydrogen-bond acceptors (Lipinski definition) is 3. The van der Waals surface area contributed by atoms with Crippen LogP contribution >= 0.6 is 0 Å². The summed E-state index contributed by atoms with van der Waals surface area (Å²) in [5.74, 6) is 0.453. The van der Waals surface area contributed by atoms with Crippen LogP contribution in [0, 0.1) is 0 Å². The molecule has 0 aromatic heterocycles. The van der Waals surface area contributed by atoms with Crippen molar-refractivity contribution in [3.05, 3.63) is 35.4 Å². The molecule has 1 unspecified atom stereocenters. The Morgan fingerprint density at radius 3 is 2.70 bits per heavy atom. The molecule has 0 radical (unpaired) electrons. The smallest absolute Gasteiger partial charge is 0.151 e. The zero-order valence-electron chi connectivity index (χ0n) is 12.6. The van der Waals surface area contributed by atoms with Gasteiger partial charge in [0.2, 0.25) is 0 Å². The topological polar surface area (TPSA) is 46.2 Å². The van der Waals surface area contributed by atoms with E-state index in [2.05, 4.69) is 43.4 Å². The average molecular weight is 295 g/mol. The maximum absolute atomic E-state index is 11.5. The van der Waals surface area contributed by atoms with Crippen molar-refractivity contribution < 1.29 is 8.42 Å². The molecule has 0 bridgehead atoms. The van der Waals surface area contributed by atoms with Gasteiger partial charge in [-0.1, -0.05) is 45.0 Å². The fourth-order valence-corrected chi connectivity index (χ4v) is 3.68. The molecule has 1 aliphatic carbocycles. The highest BCUT2D eigenvalue weighted by atomic mass is 32.2. The van der Waals surface area contributed by atoms with Crippen LogP contribution in [-0.4, -0.2) is 26.5 Å². The number of sulfone groups is 1. The summed E-state index contributed by atoms with van der Waals surface area (Å²) in [6.07, 6.45) is 2.19. The lowest BCUT2D eigenvalue weighted by Gasteiger charge is -2.37. The van der Waals surface area contributed by atoms with Crippen molar-refractivity contribution in [1.29, 1.82) is 0 Å². The van der Waals surface area contributed by atoms with Crippen molar-refractivity contribution in [3.63, 3.8) is 0 Å². The Balaban J connectivity index is 2.08. The fourth-order valence-electron chi connectivity index (χ4n) is 2.96. The summed E-state index contributed by atoms with van der Waals surface area (Å²) >= 11 is 0.